The highest BCUT2D eigenvalue weighted by Gasteiger charge is 2.21. The lowest BCUT2D eigenvalue weighted by Crippen LogP contribution is -2.42. The Morgan fingerprint density at radius 1 is 1.32 bits per heavy atom. The van der Waals surface area contributed by atoms with E-state index in [2.05, 4.69) is 15.0 Å². The molecule has 3 rings (SSSR count). The zero-order valence-electron chi connectivity index (χ0n) is 14.9. The van der Waals surface area contributed by atoms with Gasteiger partial charge in [-0.1, -0.05) is 13.0 Å². The number of ether oxygens (including phenoxy) is 1. The summed E-state index contributed by atoms with van der Waals surface area (Å²) >= 11 is 0. The summed E-state index contributed by atoms with van der Waals surface area (Å²) in [5.74, 6) is 0.738. The average molecular weight is 343 g/mol. The van der Waals surface area contributed by atoms with Crippen molar-refractivity contribution in [1.82, 2.24) is 24.6 Å². The van der Waals surface area contributed by atoms with E-state index in [1.165, 1.54) is 0 Å². The van der Waals surface area contributed by atoms with E-state index in [0.29, 0.717) is 12.1 Å². The molecule has 0 saturated carbocycles. The first kappa shape index (κ1) is 17.6. The molecule has 1 saturated heterocycles. The van der Waals surface area contributed by atoms with Crippen LogP contribution in [0.1, 0.15) is 23.0 Å². The molecule has 1 aliphatic heterocycles. The van der Waals surface area contributed by atoms with Crippen LogP contribution in [0.4, 0.5) is 0 Å². The highest BCUT2D eigenvalue weighted by atomic mass is 16.5. The van der Waals surface area contributed by atoms with Crippen LogP contribution in [0, 0.1) is 0 Å². The molecule has 0 radical (unpaired) electrons. The molecule has 0 spiro atoms. The van der Waals surface area contributed by atoms with Crippen LogP contribution >= 0.6 is 0 Å². The Bertz CT molecular complexity index is 695. The van der Waals surface area contributed by atoms with Gasteiger partial charge in [0.2, 0.25) is 0 Å². The molecular formula is C18H25N5O2. The van der Waals surface area contributed by atoms with E-state index in [9.17, 15) is 4.79 Å². The van der Waals surface area contributed by atoms with Crippen LogP contribution < -0.4 is 0 Å². The summed E-state index contributed by atoms with van der Waals surface area (Å²) in [6, 6.07) is 5.67. The number of likely N-dealkylation sites (N-methyl/N-ethyl adjacent to an activating group) is 1. The van der Waals surface area contributed by atoms with Crippen molar-refractivity contribution >= 4 is 5.91 Å². The molecule has 2 aromatic rings. The Morgan fingerprint density at radius 2 is 2.12 bits per heavy atom. The van der Waals surface area contributed by atoms with Gasteiger partial charge in [0.25, 0.3) is 5.91 Å². The molecule has 25 heavy (non-hydrogen) atoms. The summed E-state index contributed by atoms with van der Waals surface area (Å²) in [6.07, 6.45) is 4.10. The molecule has 1 amide bonds. The highest BCUT2D eigenvalue weighted by molar-refractivity contribution is 5.95. The number of nitrogens with zero attached hydrogens (tertiary/aromatic N) is 5. The van der Waals surface area contributed by atoms with Crippen molar-refractivity contribution in [1.29, 1.82) is 0 Å². The summed E-state index contributed by atoms with van der Waals surface area (Å²) in [5, 5.41) is 4.39. The SMILES string of the molecule is CCc1c(C(=O)N(C)CCN2CCOCC2)cnn1-c1ccccn1. The van der Waals surface area contributed by atoms with E-state index in [1.54, 1.807) is 22.0 Å². The van der Waals surface area contributed by atoms with Gasteiger partial charge in [0.05, 0.1) is 30.7 Å². The molecule has 0 aromatic carbocycles. The molecule has 0 bridgehead atoms. The monoisotopic (exact) mass is 343 g/mol. The second-order valence-corrected chi connectivity index (χ2v) is 6.14. The first-order valence-corrected chi connectivity index (χ1v) is 8.74. The lowest BCUT2D eigenvalue weighted by Gasteiger charge is -2.28. The van der Waals surface area contributed by atoms with Crippen molar-refractivity contribution < 1.29 is 9.53 Å². The van der Waals surface area contributed by atoms with Gasteiger partial charge >= 0.3 is 0 Å². The normalized spacial score (nSPS) is 15.3. The standard InChI is InChI=1S/C18H25N5O2/c1-3-16-15(14-20-23(16)17-6-4-5-7-19-17)18(24)21(2)8-9-22-10-12-25-13-11-22/h4-7,14H,3,8-13H2,1-2H3. The van der Waals surface area contributed by atoms with E-state index in [4.69, 9.17) is 4.74 Å². The zero-order valence-corrected chi connectivity index (χ0v) is 14.9. The Kier molecular flexibility index (Phi) is 5.78. The van der Waals surface area contributed by atoms with Gasteiger partial charge in [0.1, 0.15) is 0 Å². The van der Waals surface area contributed by atoms with Crippen LogP contribution in [-0.2, 0) is 11.2 Å². The van der Waals surface area contributed by atoms with E-state index >= 15 is 0 Å². The number of hydrogen-bond donors (Lipinski definition) is 0. The second-order valence-electron chi connectivity index (χ2n) is 6.14. The van der Waals surface area contributed by atoms with Gasteiger partial charge < -0.3 is 9.64 Å². The summed E-state index contributed by atoms with van der Waals surface area (Å²) in [6.45, 7) is 6.99. The van der Waals surface area contributed by atoms with Crippen LogP contribution in [0.2, 0.25) is 0 Å². The summed E-state index contributed by atoms with van der Waals surface area (Å²) < 4.78 is 7.11. The maximum Gasteiger partial charge on any atom is 0.257 e. The zero-order chi connectivity index (χ0) is 17.6. The molecule has 3 heterocycles. The summed E-state index contributed by atoms with van der Waals surface area (Å²) in [4.78, 5) is 21.3. The number of hydrogen-bond acceptors (Lipinski definition) is 5. The summed E-state index contributed by atoms with van der Waals surface area (Å²) in [7, 11) is 1.85. The molecule has 0 unspecified atom stereocenters. The lowest BCUT2D eigenvalue weighted by atomic mass is 10.2. The number of rotatable bonds is 6. The third-order valence-electron chi connectivity index (χ3n) is 4.50. The average Bonchev–Trinajstić information content (AvgIpc) is 3.11. The molecule has 1 fully saturated rings. The minimum absolute atomic E-state index is 0.00675. The largest absolute Gasteiger partial charge is 0.379 e. The first-order chi connectivity index (χ1) is 12.2. The molecule has 7 nitrogen and oxygen atoms in total. The quantitative estimate of drug-likeness (QED) is 0.789. The van der Waals surface area contributed by atoms with E-state index in [-0.39, 0.29) is 5.91 Å². The molecule has 0 aliphatic carbocycles. The number of pyridine rings is 1. The van der Waals surface area contributed by atoms with E-state index in [1.807, 2.05) is 32.2 Å². The number of morpholine rings is 1. The van der Waals surface area contributed by atoms with Gasteiger partial charge in [-0.15, -0.1) is 0 Å². The molecule has 0 atom stereocenters. The van der Waals surface area contributed by atoms with Crippen molar-refractivity contribution in [3.63, 3.8) is 0 Å². The van der Waals surface area contributed by atoms with E-state index in [0.717, 1.165) is 50.8 Å². The fourth-order valence-corrected chi connectivity index (χ4v) is 2.99. The van der Waals surface area contributed by atoms with Crippen molar-refractivity contribution in [2.45, 2.75) is 13.3 Å². The Hall–Kier alpha value is -2.25. The third-order valence-corrected chi connectivity index (χ3v) is 4.50. The van der Waals surface area contributed by atoms with Crippen molar-refractivity contribution in [3.8, 4) is 5.82 Å². The van der Waals surface area contributed by atoms with E-state index < -0.39 is 0 Å². The summed E-state index contributed by atoms with van der Waals surface area (Å²) in [5.41, 5.74) is 1.54. The maximum absolute atomic E-state index is 12.9. The smallest absolute Gasteiger partial charge is 0.257 e. The predicted octanol–water partition coefficient (Wildman–Crippen LogP) is 1.23. The Labute approximate surface area is 148 Å². The van der Waals surface area contributed by atoms with Crippen LogP contribution in [0.5, 0.6) is 0 Å². The number of carbonyl (C=O) groups is 1. The van der Waals surface area contributed by atoms with Gasteiger partial charge in [-0.05, 0) is 18.6 Å². The first-order valence-electron chi connectivity index (χ1n) is 8.74. The van der Waals surface area contributed by atoms with Gasteiger partial charge in [-0.25, -0.2) is 9.67 Å². The fourth-order valence-electron chi connectivity index (χ4n) is 2.99. The minimum Gasteiger partial charge on any atom is -0.379 e. The second kappa shape index (κ2) is 8.22. The van der Waals surface area contributed by atoms with Crippen LogP contribution in [0.3, 0.4) is 0 Å². The van der Waals surface area contributed by atoms with Gasteiger partial charge in [-0.2, -0.15) is 5.10 Å². The molecule has 2 aromatic heterocycles. The molecule has 7 heteroatoms. The molecule has 0 N–H and O–H groups in total. The van der Waals surface area contributed by atoms with Crippen LogP contribution in [0.25, 0.3) is 5.82 Å². The maximum atomic E-state index is 12.9. The third kappa shape index (κ3) is 4.05. The van der Waals surface area contributed by atoms with Crippen LogP contribution in [0.15, 0.2) is 30.6 Å². The Balaban J connectivity index is 1.70. The predicted molar refractivity (Wildman–Crippen MR) is 95.0 cm³/mol. The highest BCUT2D eigenvalue weighted by Crippen LogP contribution is 2.16. The van der Waals surface area contributed by atoms with Crippen molar-refractivity contribution in [2.24, 2.45) is 0 Å². The fraction of sp³-hybridized carbons (Fsp3) is 0.500. The van der Waals surface area contributed by atoms with Crippen molar-refractivity contribution in [2.75, 3.05) is 46.4 Å². The number of aromatic nitrogens is 3. The number of carbonyl (C=O) groups excluding carboxylic acids is 1. The number of amides is 1. The molecular weight excluding hydrogens is 318 g/mol. The van der Waals surface area contributed by atoms with Gasteiger partial charge in [-0.3, -0.25) is 9.69 Å². The molecule has 1 aliphatic rings. The Morgan fingerprint density at radius 3 is 2.80 bits per heavy atom. The topological polar surface area (TPSA) is 63.5 Å². The van der Waals surface area contributed by atoms with Crippen LogP contribution in [-0.4, -0.2) is 76.9 Å². The molecule has 134 valence electrons. The lowest BCUT2D eigenvalue weighted by molar-refractivity contribution is 0.0338. The van der Waals surface area contributed by atoms with Gasteiger partial charge in [0.15, 0.2) is 5.82 Å². The van der Waals surface area contributed by atoms with Gasteiger partial charge in [0, 0.05) is 39.4 Å². The minimum atomic E-state index is 0.00675. The van der Waals surface area contributed by atoms with Crippen molar-refractivity contribution in [3.05, 3.63) is 41.9 Å².